The van der Waals surface area contributed by atoms with Gasteiger partial charge in [0.05, 0.1) is 6.04 Å². The maximum Gasteiger partial charge on any atom is 0.273 e. The first-order valence-electron chi connectivity index (χ1n) is 12.7. The number of phenols is 1. The highest BCUT2D eigenvalue weighted by Gasteiger charge is 2.42. The zero-order valence-corrected chi connectivity index (χ0v) is 21.5. The molecule has 1 aromatic heterocycles. The Kier molecular flexibility index (Phi) is 6.11. The summed E-state index contributed by atoms with van der Waals surface area (Å²) in [6, 6.07) is 26.5. The monoisotopic (exact) mass is 519 g/mol. The molecule has 4 aromatic carbocycles. The summed E-state index contributed by atoms with van der Waals surface area (Å²) < 4.78 is 19.7. The van der Waals surface area contributed by atoms with Crippen molar-refractivity contribution in [2.24, 2.45) is 0 Å². The molecule has 0 saturated heterocycles. The van der Waals surface area contributed by atoms with Gasteiger partial charge in [-0.1, -0.05) is 48.5 Å². The van der Waals surface area contributed by atoms with E-state index in [1.54, 1.807) is 17.0 Å². The lowest BCUT2D eigenvalue weighted by Gasteiger charge is -2.27. The predicted molar refractivity (Wildman–Crippen MR) is 146 cm³/mol. The summed E-state index contributed by atoms with van der Waals surface area (Å²) in [6.07, 6.45) is 0. The molecule has 194 valence electrons. The van der Waals surface area contributed by atoms with Crippen LogP contribution in [0.3, 0.4) is 0 Å². The van der Waals surface area contributed by atoms with Crippen LogP contribution in [0.4, 0.5) is 4.39 Å². The van der Waals surface area contributed by atoms with Crippen LogP contribution in [-0.2, 0) is 6.54 Å². The summed E-state index contributed by atoms with van der Waals surface area (Å²) in [7, 11) is 0. The number of benzene rings is 4. The highest BCUT2D eigenvalue weighted by molar-refractivity contribution is 6.00. The number of phenolic OH excluding ortho intramolecular Hbond substituents is 1. The Morgan fingerprint density at radius 3 is 2.46 bits per heavy atom. The minimum absolute atomic E-state index is 0.124. The number of carbonyl (C=O) groups is 1. The lowest BCUT2D eigenvalue weighted by Crippen LogP contribution is -2.29. The highest BCUT2D eigenvalue weighted by atomic mass is 19.1. The Hall–Kier alpha value is -4.91. The van der Waals surface area contributed by atoms with Crippen molar-refractivity contribution in [3.8, 4) is 28.5 Å². The van der Waals surface area contributed by atoms with Crippen molar-refractivity contribution >= 4 is 5.91 Å². The molecular weight excluding hydrogens is 493 g/mol. The van der Waals surface area contributed by atoms with Gasteiger partial charge in [-0.3, -0.25) is 9.89 Å². The van der Waals surface area contributed by atoms with Crippen LogP contribution >= 0.6 is 0 Å². The van der Waals surface area contributed by atoms with Crippen LogP contribution < -0.4 is 4.74 Å². The summed E-state index contributed by atoms with van der Waals surface area (Å²) in [5.74, 6) is 0.886. The van der Waals surface area contributed by atoms with E-state index in [9.17, 15) is 14.3 Å². The number of H-pyrrole nitrogens is 1. The number of amides is 1. The Bertz CT molecular complexity index is 1680. The van der Waals surface area contributed by atoms with Crippen molar-refractivity contribution in [2.45, 2.75) is 26.4 Å². The Balaban J connectivity index is 1.48. The Morgan fingerprint density at radius 2 is 1.69 bits per heavy atom. The van der Waals surface area contributed by atoms with Crippen LogP contribution in [0.25, 0.3) is 11.3 Å². The zero-order chi connectivity index (χ0) is 27.1. The lowest BCUT2D eigenvalue weighted by molar-refractivity contribution is 0.0730. The number of nitrogens with one attached hydrogen (secondary N) is 1. The molecule has 0 aliphatic carbocycles. The maximum atomic E-state index is 13.8. The molecule has 0 radical (unpaired) electrons. The predicted octanol–water partition coefficient (Wildman–Crippen LogP) is 7.08. The fourth-order valence-corrected chi connectivity index (χ4v) is 5.21. The van der Waals surface area contributed by atoms with Crippen molar-refractivity contribution in [2.75, 3.05) is 0 Å². The molecule has 0 bridgehead atoms. The van der Waals surface area contributed by atoms with E-state index < -0.39 is 6.04 Å². The number of ether oxygens (including phenoxy) is 1. The number of hydrogen-bond donors (Lipinski definition) is 2. The van der Waals surface area contributed by atoms with Crippen molar-refractivity contribution < 1.29 is 19.0 Å². The fourth-order valence-electron chi connectivity index (χ4n) is 5.21. The number of nitrogens with zero attached hydrogens (tertiary/aromatic N) is 2. The van der Waals surface area contributed by atoms with Gasteiger partial charge in [-0.05, 0) is 78.6 Å². The van der Waals surface area contributed by atoms with E-state index in [0.717, 1.165) is 22.3 Å². The van der Waals surface area contributed by atoms with E-state index in [-0.39, 0.29) is 24.0 Å². The molecule has 6 nitrogen and oxygen atoms in total. The summed E-state index contributed by atoms with van der Waals surface area (Å²) >= 11 is 0. The number of fused-ring (bicyclic) bond motifs is 1. The molecule has 1 aliphatic heterocycles. The van der Waals surface area contributed by atoms with Gasteiger partial charge in [0.1, 0.15) is 34.5 Å². The summed E-state index contributed by atoms with van der Waals surface area (Å²) in [5.41, 5.74) is 5.43. The average molecular weight is 520 g/mol. The van der Waals surface area contributed by atoms with Gasteiger partial charge in [-0.15, -0.1) is 0 Å². The van der Waals surface area contributed by atoms with Crippen LogP contribution in [0, 0.1) is 19.7 Å². The van der Waals surface area contributed by atoms with Gasteiger partial charge in [0.25, 0.3) is 5.91 Å². The summed E-state index contributed by atoms with van der Waals surface area (Å²) in [4.78, 5) is 15.5. The van der Waals surface area contributed by atoms with Crippen molar-refractivity contribution in [3.63, 3.8) is 0 Å². The molecule has 1 amide bonds. The molecule has 5 aromatic rings. The molecule has 1 aliphatic rings. The van der Waals surface area contributed by atoms with Crippen LogP contribution in [0.5, 0.6) is 17.2 Å². The van der Waals surface area contributed by atoms with Gasteiger partial charge in [0.15, 0.2) is 0 Å². The first kappa shape index (κ1) is 24.4. The number of carbonyl (C=O) groups excluding carboxylic acids is 1. The number of halogens is 1. The van der Waals surface area contributed by atoms with Crippen molar-refractivity contribution in [1.29, 1.82) is 0 Å². The smallest absolute Gasteiger partial charge is 0.273 e. The third-order valence-corrected chi connectivity index (χ3v) is 6.98. The molecule has 1 atom stereocenters. The Morgan fingerprint density at radius 1 is 0.949 bits per heavy atom. The maximum absolute atomic E-state index is 13.8. The quantitative estimate of drug-likeness (QED) is 0.251. The number of aromatic hydroxyl groups is 1. The van der Waals surface area contributed by atoms with E-state index in [4.69, 9.17) is 4.74 Å². The summed E-state index contributed by atoms with van der Waals surface area (Å²) in [6.45, 7) is 4.05. The second kappa shape index (κ2) is 9.76. The van der Waals surface area contributed by atoms with Gasteiger partial charge in [-0.25, -0.2) is 4.39 Å². The molecule has 7 heteroatoms. The van der Waals surface area contributed by atoms with Crippen LogP contribution in [0.1, 0.15) is 44.3 Å². The summed E-state index contributed by atoms with van der Waals surface area (Å²) in [5, 5.41) is 18.4. The van der Waals surface area contributed by atoms with Crippen molar-refractivity contribution in [3.05, 3.63) is 130 Å². The molecule has 0 spiro atoms. The zero-order valence-electron chi connectivity index (χ0n) is 21.5. The molecule has 39 heavy (non-hydrogen) atoms. The first-order valence-corrected chi connectivity index (χ1v) is 12.7. The molecule has 0 saturated carbocycles. The van der Waals surface area contributed by atoms with E-state index in [0.29, 0.717) is 34.0 Å². The topological polar surface area (TPSA) is 78.5 Å². The van der Waals surface area contributed by atoms with E-state index in [1.807, 2.05) is 80.6 Å². The van der Waals surface area contributed by atoms with E-state index in [2.05, 4.69) is 10.2 Å². The molecule has 0 fully saturated rings. The van der Waals surface area contributed by atoms with E-state index >= 15 is 0 Å². The van der Waals surface area contributed by atoms with Gasteiger partial charge in [0, 0.05) is 17.7 Å². The van der Waals surface area contributed by atoms with Gasteiger partial charge < -0.3 is 14.7 Å². The van der Waals surface area contributed by atoms with Gasteiger partial charge in [-0.2, -0.15) is 5.10 Å². The minimum atomic E-state index is -0.522. The normalized spacial score (nSPS) is 14.5. The SMILES string of the molecule is Cc1cc(C)c(O)c(-c2n[nH]c3c2C(c2cccc(Oc4ccccc4)c2)N(Cc2ccc(F)cc2)C3=O)c1. The number of para-hydroxylation sites is 1. The second-order valence-electron chi connectivity index (χ2n) is 9.79. The third-order valence-electron chi connectivity index (χ3n) is 6.98. The number of aromatic nitrogens is 2. The molecule has 2 N–H and O–H groups in total. The van der Waals surface area contributed by atoms with Gasteiger partial charge >= 0.3 is 0 Å². The van der Waals surface area contributed by atoms with Crippen LogP contribution in [0.2, 0.25) is 0 Å². The standard InChI is InChI=1S/C32H26FN3O3/c1-19-15-20(2)31(37)26(16-19)28-27-29(35-34-28)32(38)36(18-21-11-13-23(33)14-12-21)30(27)22-7-6-10-25(17-22)39-24-8-4-3-5-9-24/h3-17,30,37H,18H2,1-2H3,(H,34,35). The molecular formula is C32H26FN3O3. The first-order chi connectivity index (χ1) is 18.9. The van der Waals surface area contributed by atoms with Crippen LogP contribution in [0.15, 0.2) is 91.0 Å². The van der Waals surface area contributed by atoms with Crippen molar-refractivity contribution in [1.82, 2.24) is 15.1 Å². The lowest BCUT2D eigenvalue weighted by atomic mass is 9.94. The number of hydrogen-bond acceptors (Lipinski definition) is 4. The molecule has 2 heterocycles. The third kappa shape index (κ3) is 4.52. The molecule has 1 unspecified atom stereocenters. The van der Waals surface area contributed by atoms with Crippen LogP contribution in [-0.4, -0.2) is 26.1 Å². The molecule has 6 rings (SSSR count). The Labute approximate surface area is 225 Å². The number of aromatic amines is 1. The van der Waals surface area contributed by atoms with Gasteiger partial charge in [0.2, 0.25) is 0 Å². The minimum Gasteiger partial charge on any atom is -0.507 e. The van der Waals surface area contributed by atoms with E-state index in [1.165, 1.54) is 12.1 Å². The highest BCUT2D eigenvalue weighted by Crippen LogP contribution is 2.46. The average Bonchev–Trinajstić information content (AvgIpc) is 3.47. The second-order valence-corrected chi connectivity index (χ2v) is 9.79. The number of aryl methyl sites for hydroxylation is 2. The number of rotatable bonds is 6. The largest absolute Gasteiger partial charge is 0.507 e. The fraction of sp³-hybridized carbons (Fsp3) is 0.125.